The third kappa shape index (κ3) is 2.14. The second kappa shape index (κ2) is 5.10. The molecule has 3 heterocycles. The summed E-state index contributed by atoms with van der Waals surface area (Å²) >= 11 is 0. The fraction of sp³-hybridized carbons (Fsp3) is 0.294. The summed E-state index contributed by atoms with van der Waals surface area (Å²) in [6.07, 6.45) is 4.17. The van der Waals surface area contributed by atoms with Crippen LogP contribution in [0.5, 0.6) is 0 Å². The molecule has 0 bridgehead atoms. The summed E-state index contributed by atoms with van der Waals surface area (Å²) in [4.78, 5) is 6.39. The van der Waals surface area contributed by atoms with Crippen molar-refractivity contribution in [2.45, 2.75) is 19.4 Å². The molecule has 1 fully saturated rings. The number of aromatic nitrogens is 3. The summed E-state index contributed by atoms with van der Waals surface area (Å²) in [5.74, 6) is 0.925. The molecular weight excluding hydrogens is 276 g/mol. The Kier molecular flexibility index (Phi) is 3.08. The fourth-order valence-corrected chi connectivity index (χ4v) is 3.00. The zero-order valence-corrected chi connectivity index (χ0v) is 12.5. The first kappa shape index (κ1) is 13.3. The number of hydrogen-bond donors (Lipinski definition) is 1. The fourth-order valence-electron chi connectivity index (χ4n) is 3.00. The lowest BCUT2D eigenvalue weighted by atomic mass is 10.2. The van der Waals surface area contributed by atoms with Crippen LogP contribution in [0.15, 0.2) is 42.7 Å². The molecule has 0 saturated carbocycles. The van der Waals surface area contributed by atoms with Crippen molar-refractivity contribution in [3.05, 3.63) is 48.3 Å². The van der Waals surface area contributed by atoms with Crippen LogP contribution in [-0.2, 0) is 0 Å². The standard InChI is InChI=1S/C17H18N4O/c1-12-2-4-13(5-3-12)21-16-10-18-8-6-15(16)17(19-21)20-9-7-14(22)11-20/h2-6,8,10,14,22H,7,9,11H2,1H3. The molecule has 112 valence electrons. The van der Waals surface area contributed by atoms with E-state index in [9.17, 15) is 5.11 Å². The van der Waals surface area contributed by atoms with Crippen molar-refractivity contribution < 1.29 is 5.11 Å². The van der Waals surface area contributed by atoms with Crippen molar-refractivity contribution in [1.82, 2.24) is 14.8 Å². The van der Waals surface area contributed by atoms with E-state index < -0.39 is 0 Å². The van der Waals surface area contributed by atoms with E-state index in [-0.39, 0.29) is 6.10 Å². The van der Waals surface area contributed by atoms with Crippen LogP contribution in [0.4, 0.5) is 5.82 Å². The van der Waals surface area contributed by atoms with Gasteiger partial charge in [0.2, 0.25) is 0 Å². The smallest absolute Gasteiger partial charge is 0.159 e. The van der Waals surface area contributed by atoms with Gasteiger partial charge in [-0.2, -0.15) is 0 Å². The third-order valence-electron chi connectivity index (χ3n) is 4.21. The number of benzene rings is 1. The number of nitrogens with zero attached hydrogens (tertiary/aromatic N) is 4. The van der Waals surface area contributed by atoms with Crippen LogP contribution in [0, 0.1) is 6.92 Å². The van der Waals surface area contributed by atoms with Crippen LogP contribution in [0.25, 0.3) is 16.6 Å². The number of aliphatic hydroxyl groups excluding tert-OH is 1. The van der Waals surface area contributed by atoms with Crippen LogP contribution in [-0.4, -0.2) is 39.1 Å². The third-order valence-corrected chi connectivity index (χ3v) is 4.21. The van der Waals surface area contributed by atoms with E-state index >= 15 is 0 Å². The Labute approximate surface area is 128 Å². The van der Waals surface area contributed by atoms with Gasteiger partial charge in [0, 0.05) is 24.7 Å². The Balaban J connectivity index is 1.87. The molecule has 1 atom stereocenters. The molecule has 0 radical (unpaired) electrons. The van der Waals surface area contributed by atoms with Crippen LogP contribution < -0.4 is 4.90 Å². The van der Waals surface area contributed by atoms with Crippen molar-refractivity contribution in [2.24, 2.45) is 0 Å². The number of rotatable bonds is 2. The van der Waals surface area contributed by atoms with Gasteiger partial charge in [0.05, 0.1) is 23.5 Å². The Morgan fingerprint density at radius 1 is 1.18 bits per heavy atom. The van der Waals surface area contributed by atoms with Crippen molar-refractivity contribution in [3.8, 4) is 5.69 Å². The number of aliphatic hydroxyl groups is 1. The Bertz CT molecular complexity index is 809. The number of hydrogen-bond acceptors (Lipinski definition) is 4. The highest BCUT2D eigenvalue weighted by atomic mass is 16.3. The molecule has 1 unspecified atom stereocenters. The molecule has 1 N–H and O–H groups in total. The number of β-amino-alcohol motifs (C(OH)–C–C–N with tert-alkyl or cyclic N) is 1. The van der Waals surface area contributed by atoms with E-state index in [1.54, 1.807) is 6.20 Å². The van der Waals surface area contributed by atoms with Crippen molar-refractivity contribution in [2.75, 3.05) is 18.0 Å². The van der Waals surface area contributed by atoms with Gasteiger partial charge >= 0.3 is 0 Å². The van der Waals surface area contributed by atoms with Gasteiger partial charge in [-0.25, -0.2) is 4.68 Å². The van der Waals surface area contributed by atoms with E-state index in [4.69, 9.17) is 5.10 Å². The average molecular weight is 294 g/mol. The van der Waals surface area contributed by atoms with Gasteiger partial charge in [-0.05, 0) is 31.5 Å². The minimum atomic E-state index is -0.263. The second-order valence-corrected chi connectivity index (χ2v) is 5.85. The number of pyridine rings is 1. The highest BCUT2D eigenvalue weighted by Gasteiger charge is 2.25. The van der Waals surface area contributed by atoms with E-state index in [1.165, 1.54) is 5.56 Å². The van der Waals surface area contributed by atoms with Crippen LogP contribution in [0.3, 0.4) is 0 Å². The summed E-state index contributed by atoms with van der Waals surface area (Å²) in [5.41, 5.74) is 3.23. The zero-order valence-electron chi connectivity index (χ0n) is 12.5. The molecule has 0 aliphatic carbocycles. The molecular formula is C17H18N4O. The molecule has 1 aromatic carbocycles. The second-order valence-electron chi connectivity index (χ2n) is 5.85. The van der Waals surface area contributed by atoms with Crippen LogP contribution in [0.1, 0.15) is 12.0 Å². The molecule has 2 aromatic heterocycles. The van der Waals surface area contributed by atoms with E-state index in [0.717, 1.165) is 35.4 Å². The molecule has 22 heavy (non-hydrogen) atoms. The Hall–Kier alpha value is -2.40. The largest absolute Gasteiger partial charge is 0.391 e. The first-order valence-corrected chi connectivity index (χ1v) is 7.55. The maximum Gasteiger partial charge on any atom is 0.159 e. The lowest BCUT2D eigenvalue weighted by molar-refractivity contribution is 0.198. The molecule has 3 aromatic rings. The van der Waals surface area contributed by atoms with Gasteiger partial charge < -0.3 is 10.0 Å². The van der Waals surface area contributed by atoms with Gasteiger partial charge in [0.15, 0.2) is 5.82 Å². The molecule has 5 heteroatoms. The number of aryl methyl sites for hydroxylation is 1. The van der Waals surface area contributed by atoms with Crippen molar-refractivity contribution >= 4 is 16.7 Å². The van der Waals surface area contributed by atoms with Gasteiger partial charge in [-0.1, -0.05) is 17.7 Å². The molecule has 1 aliphatic heterocycles. The first-order chi connectivity index (χ1) is 10.7. The van der Waals surface area contributed by atoms with E-state index in [1.807, 2.05) is 16.9 Å². The SMILES string of the molecule is Cc1ccc(-n2nc(N3CCC(O)C3)c3ccncc32)cc1. The van der Waals surface area contributed by atoms with Gasteiger partial charge in [-0.3, -0.25) is 4.98 Å². The summed E-state index contributed by atoms with van der Waals surface area (Å²) in [5, 5.41) is 15.7. The van der Waals surface area contributed by atoms with Gasteiger partial charge in [0.25, 0.3) is 0 Å². The summed E-state index contributed by atoms with van der Waals surface area (Å²) in [6, 6.07) is 10.3. The Morgan fingerprint density at radius 2 is 2.00 bits per heavy atom. The topological polar surface area (TPSA) is 54.2 Å². The molecule has 5 nitrogen and oxygen atoms in total. The lowest BCUT2D eigenvalue weighted by Gasteiger charge is -2.14. The highest BCUT2D eigenvalue weighted by Crippen LogP contribution is 2.30. The highest BCUT2D eigenvalue weighted by molar-refractivity contribution is 5.91. The molecule has 0 amide bonds. The minimum Gasteiger partial charge on any atom is -0.391 e. The van der Waals surface area contributed by atoms with Gasteiger partial charge in [0.1, 0.15) is 0 Å². The minimum absolute atomic E-state index is 0.263. The molecule has 4 rings (SSSR count). The summed E-state index contributed by atoms with van der Waals surface area (Å²) in [7, 11) is 0. The summed E-state index contributed by atoms with van der Waals surface area (Å²) in [6.45, 7) is 3.55. The van der Waals surface area contributed by atoms with E-state index in [2.05, 4.69) is 41.1 Å². The predicted octanol–water partition coefficient (Wildman–Crippen LogP) is 2.30. The van der Waals surface area contributed by atoms with Crippen molar-refractivity contribution in [1.29, 1.82) is 0 Å². The first-order valence-electron chi connectivity index (χ1n) is 7.55. The van der Waals surface area contributed by atoms with E-state index in [0.29, 0.717) is 6.54 Å². The quantitative estimate of drug-likeness (QED) is 0.788. The normalized spacial score (nSPS) is 18.3. The lowest BCUT2D eigenvalue weighted by Crippen LogP contribution is -2.21. The monoisotopic (exact) mass is 294 g/mol. The Morgan fingerprint density at radius 3 is 2.73 bits per heavy atom. The predicted molar refractivity (Wildman–Crippen MR) is 86.4 cm³/mol. The maximum atomic E-state index is 9.80. The zero-order chi connectivity index (χ0) is 15.1. The number of anilines is 1. The van der Waals surface area contributed by atoms with Crippen LogP contribution in [0.2, 0.25) is 0 Å². The summed E-state index contributed by atoms with van der Waals surface area (Å²) < 4.78 is 1.93. The molecule has 0 spiro atoms. The molecule has 1 aliphatic rings. The van der Waals surface area contributed by atoms with Gasteiger partial charge in [-0.15, -0.1) is 5.10 Å². The van der Waals surface area contributed by atoms with Crippen LogP contribution >= 0.6 is 0 Å². The average Bonchev–Trinajstić information content (AvgIpc) is 3.12. The maximum absolute atomic E-state index is 9.80. The molecule has 1 saturated heterocycles. The number of fused-ring (bicyclic) bond motifs is 1. The van der Waals surface area contributed by atoms with Crippen molar-refractivity contribution in [3.63, 3.8) is 0 Å².